The highest BCUT2D eigenvalue weighted by molar-refractivity contribution is 7.10. The Morgan fingerprint density at radius 1 is 1.29 bits per heavy atom. The van der Waals surface area contributed by atoms with Crippen LogP contribution in [0.1, 0.15) is 31.4 Å². The topological polar surface area (TPSA) is 94.5 Å². The normalized spacial score (nSPS) is 15.4. The van der Waals surface area contributed by atoms with Crippen molar-refractivity contribution in [3.8, 4) is 0 Å². The van der Waals surface area contributed by atoms with Crippen molar-refractivity contribution in [3.05, 3.63) is 15.8 Å². The summed E-state index contributed by atoms with van der Waals surface area (Å²) < 4.78 is 9.65. The highest BCUT2D eigenvalue weighted by Crippen LogP contribution is 2.37. The van der Waals surface area contributed by atoms with Gasteiger partial charge in [-0.25, -0.2) is 0 Å². The van der Waals surface area contributed by atoms with Crippen molar-refractivity contribution < 1.29 is 9.66 Å². The van der Waals surface area contributed by atoms with Crippen LogP contribution in [0.2, 0.25) is 0 Å². The minimum absolute atomic E-state index is 0.161. The average Bonchev–Trinajstić information content (AvgIpc) is 2.92. The van der Waals surface area contributed by atoms with E-state index in [1.807, 2.05) is 4.90 Å². The third-order valence-corrected chi connectivity index (χ3v) is 4.41. The van der Waals surface area contributed by atoms with Crippen LogP contribution in [0.5, 0.6) is 0 Å². The van der Waals surface area contributed by atoms with Crippen LogP contribution >= 0.6 is 11.5 Å². The smallest absolute Gasteiger partial charge is 0.366 e. The SMILES string of the molecule is NCCCCCCc1nsc([N+](=O)[O-])c1N1CCOCC1. The third kappa shape index (κ3) is 4.36. The van der Waals surface area contributed by atoms with Gasteiger partial charge in [0, 0.05) is 24.6 Å². The fraction of sp³-hybridized carbons (Fsp3) is 0.769. The Labute approximate surface area is 128 Å². The Morgan fingerprint density at radius 3 is 2.67 bits per heavy atom. The summed E-state index contributed by atoms with van der Waals surface area (Å²) in [6, 6.07) is 0. The molecule has 0 atom stereocenters. The largest absolute Gasteiger partial charge is 0.378 e. The van der Waals surface area contributed by atoms with Crippen molar-refractivity contribution in [2.24, 2.45) is 5.73 Å². The van der Waals surface area contributed by atoms with E-state index in [-0.39, 0.29) is 9.92 Å². The minimum atomic E-state index is -0.319. The number of aromatic nitrogens is 1. The maximum Gasteiger partial charge on any atom is 0.366 e. The Hall–Kier alpha value is -1.25. The first-order chi connectivity index (χ1) is 10.2. The molecule has 0 saturated carbocycles. The van der Waals surface area contributed by atoms with Crippen molar-refractivity contribution in [1.82, 2.24) is 4.37 Å². The summed E-state index contributed by atoms with van der Waals surface area (Å²) in [5.74, 6) is 0. The molecule has 7 nitrogen and oxygen atoms in total. The first kappa shape index (κ1) is 16.1. The lowest BCUT2D eigenvalue weighted by Crippen LogP contribution is -2.36. The molecule has 0 radical (unpaired) electrons. The molecule has 0 aromatic carbocycles. The van der Waals surface area contributed by atoms with Gasteiger partial charge in [0.1, 0.15) is 0 Å². The number of nitro groups is 1. The zero-order valence-corrected chi connectivity index (χ0v) is 12.9. The van der Waals surface area contributed by atoms with Gasteiger partial charge in [-0.3, -0.25) is 10.1 Å². The van der Waals surface area contributed by atoms with Crippen LogP contribution in [0.3, 0.4) is 0 Å². The number of nitrogens with zero attached hydrogens (tertiary/aromatic N) is 3. The highest BCUT2D eigenvalue weighted by Gasteiger charge is 2.28. The average molecular weight is 314 g/mol. The maximum absolute atomic E-state index is 11.2. The molecule has 21 heavy (non-hydrogen) atoms. The monoisotopic (exact) mass is 314 g/mol. The lowest BCUT2D eigenvalue weighted by Gasteiger charge is -2.27. The first-order valence-electron chi connectivity index (χ1n) is 7.39. The molecule has 2 heterocycles. The summed E-state index contributed by atoms with van der Waals surface area (Å²) in [6.45, 7) is 3.34. The fourth-order valence-electron chi connectivity index (χ4n) is 2.49. The molecule has 2 rings (SSSR count). The van der Waals surface area contributed by atoms with E-state index >= 15 is 0 Å². The van der Waals surface area contributed by atoms with E-state index in [0.717, 1.165) is 55.9 Å². The van der Waals surface area contributed by atoms with Crippen LogP contribution < -0.4 is 10.6 Å². The van der Waals surface area contributed by atoms with Crippen LogP contribution in [0.4, 0.5) is 10.7 Å². The fourth-order valence-corrected chi connectivity index (χ4v) is 3.26. The lowest BCUT2D eigenvalue weighted by atomic mass is 10.1. The number of rotatable bonds is 8. The second-order valence-electron chi connectivity index (χ2n) is 5.09. The van der Waals surface area contributed by atoms with Crippen molar-refractivity contribution in [3.63, 3.8) is 0 Å². The summed E-state index contributed by atoms with van der Waals surface area (Å²) in [4.78, 5) is 12.9. The quantitative estimate of drug-likeness (QED) is 0.448. The van der Waals surface area contributed by atoms with Gasteiger partial charge in [0.25, 0.3) is 0 Å². The number of hydrogen-bond donors (Lipinski definition) is 1. The molecular formula is C13H22N4O3S. The summed E-state index contributed by atoms with van der Waals surface area (Å²) in [5.41, 5.74) is 7.05. The van der Waals surface area contributed by atoms with Gasteiger partial charge in [0.2, 0.25) is 0 Å². The Bertz CT molecular complexity index is 460. The minimum Gasteiger partial charge on any atom is -0.378 e. The molecule has 1 aromatic heterocycles. The predicted octanol–water partition coefficient (Wildman–Crippen LogP) is 1.95. The molecule has 0 spiro atoms. The number of nitrogens with two attached hydrogens (primary N) is 1. The van der Waals surface area contributed by atoms with E-state index in [9.17, 15) is 10.1 Å². The van der Waals surface area contributed by atoms with Crippen LogP contribution in [-0.2, 0) is 11.2 Å². The van der Waals surface area contributed by atoms with Gasteiger partial charge < -0.3 is 15.4 Å². The van der Waals surface area contributed by atoms with Gasteiger partial charge in [-0.2, -0.15) is 4.37 Å². The van der Waals surface area contributed by atoms with E-state index in [4.69, 9.17) is 10.5 Å². The number of ether oxygens (including phenoxy) is 1. The van der Waals surface area contributed by atoms with E-state index in [0.29, 0.717) is 32.0 Å². The number of anilines is 1. The van der Waals surface area contributed by atoms with E-state index in [1.165, 1.54) is 0 Å². The molecule has 1 aromatic rings. The molecule has 2 N–H and O–H groups in total. The summed E-state index contributed by atoms with van der Waals surface area (Å²) in [7, 11) is 0. The first-order valence-corrected chi connectivity index (χ1v) is 8.17. The Kier molecular flexibility index (Phi) is 6.34. The van der Waals surface area contributed by atoms with E-state index in [1.54, 1.807) is 0 Å². The standard InChI is InChI=1S/C13H22N4O3S/c14-6-4-2-1-3-5-11-12(13(17(18)19)21-15-11)16-7-9-20-10-8-16/h1-10,14H2. The molecule has 0 bridgehead atoms. The lowest BCUT2D eigenvalue weighted by molar-refractivity contribution is -0.379. The van der Waals surface area contributed by atoms with E-state index < -0.39 is 0 Å². The van der Waals surface area contributed by atoms with Gasteiger partial charge in [0.15, 0.2) is 5.69 Å². The zero-order chi connectivity index (χ0) is 15.1. The number of aryl methyl sites for hydroxylation is 1. The second kappa shape index (κ2) is 8.26. The van der Waals surface area contributed by atoms with Crippen molar-refractivity contribution in [2.45, 2.75) is 32.1 Å². The van der Waals surface area contributed by atoms with Crippen molar-refractivity contribution in [1.29, 1.82) is 0 Å². The van der Waals surface area contributed by atoms with Crippen molar-refractivity contribution >= 4 is 22.2 Å². The van der Waals surface area contributed by atoms with E-state index in [2.05, 4.69) is 4.37 Å². The van der Waals surface area contributed by atoms with Crippen molar-refractivity contribution in [2.75, 3.05) is 37.7 Å². The molecule has 0 aliphatic carbocycles. The molecule has 118 valence electrons. The molecule has 8 heteroatoms. The van der Waals surface area contributed by atoms with Gasteiger partial charge >= 0.3 is 5.00 Å². The molecule has 0 unspecified atom stereocenters. The Morgan fingerprint density at radius 2 is 2.00 bits per heavy atom. The van der Waals surface area contributed by atoms with Gasteiger partial charge in [-0.05, 0) is 25.8 Å². The van der Waals surface area contributed by atoms with Gasteiger partial charge in [0.05, 0.1) is 23.8 Å². The van der Waals surface area contributed by atoms with Crippen LogP contribution in [-0.4, -0.2) is 42.1 Å². The number of morpholine rings is 1. The third-order valence-electron chi connectivity index (χ3n) is 3.58. The predicted molar refractivity (Wildman–Crippen MR) is 83.0 cm³/mol. The van der Waals surface area contributed by atoms with Crippen LogP contribution in [0.25, 0.3) is 0 Å². The summed E-state index contributed by atoms with van der Waals surface area (Å²) in [6.07, 6.45) is 5.02. The van der Waals surface area contributed by atoms with Crippen LogP contribution in [0.15, 0.2) is 0 Å². The number of unbranched alkanes of at least 4 members (excludes halogenated alkanes) is 3. The molecule has 0 amide bonds. The Balaban J connectivity index is 2.03. The van der Waals surface area contributed by atoms with Crippen LogP contribution in [0, 0.1) is 10.1 Å². The molecule has 1 saturated heterocycles. The second-order valence-corrected chi connectivity index (χ2v) is 5.84. The highest BCUT2D eigenvalue weighted by atomic mass is 32.1. The number of hydrogen-bond acceptors (Lipinski definition) is 7. The van der Waals surface area contributed by atoms with Gasteiger partial charge in [-0.1, -0.05) is 12.8 Å². The summed E-state index contributed by atoms with van der Waals surface area (Å²) in [5, 5.41) is 11.4. The molecule has 1 aliphatic heterocycles. The molecular weight excluding hydrogens is 292 g/mol. The zero-order valence-electron chi connectivity index (χ0n) is 12.1. The maximum atomic E-state index is 11.2. The summed E-state index contributed by atoms with van der Waals surface area (Å²) >= 11 is 0.995. The molecule has 1 aliphatic rings. The van der Waals surface area contributed by atoms with Gasteiger partial charge in [-0.15, -0.1) is 0 Å². The molecule has 1 fully saturated rings.